The number of amides is 1. The molecule has 0 saturated heterocycles. The summed E-state index contributed by atoms with van der Waals surface area (Å²) in [5.41, 5.74) is 2.51. The minimum atomic E-state index is -0.311. The molecule has 124 valence electrons. The predicted molar refractivity (Wildman–Crippen MR) is 87.2 cm³/mol. The van der Waals surface area contributed by atoms with Crippen molar-refractivity contribution in [3.63, 3.8) is 0 Å². The van der Waals surface area contributed by atoms with E-state index in [-0.39, 0.29) is 23.6 Å². The van der Waals surface area contributed by atoms with Crippen LogP contribution in [0.3, 0.4) is 0 Å². The summed E-state index contributed by atoms with van der Waals surface area (Å²) >= 11 is 0. The standard InChI is InChI=1S/C17H18FN5O/c1-10-9-11(2)23-17(19-10)20-15(21-23)16(24)22(4)12(3)13-5-7-14(18)8-6-13/h5-9,12H,1-4H3. The molecule has 2 heterocycles. The van der Waals surface area contributed by atoms with Gasteiger partial charge in [-0.3, -0.25) is 4.79 Å². The molecule has 3 aromatic rings. The molecule has 0 bridgehead atoms. The number of hydrogen-bond donors (Lipinski definition) is 0. The molecular formula is C17H18FN5O. The SMILES string of the molecule is Cc1cc(C)n2nc(C(=O)N(C)C(C)c3ccc(F)cc3)nc2n1. The van der Waals surface area contributed by atoms with E-state index in [1.165, 1.54) is 17.0 Å². The number of halogens is 1. The van der Waals surface area contributed by atoms with Crippen LogP contribution in [0.2, 0.25) is 0 Å². The van der Waals surface area contributed by atoms with Crippen molar-refractivity contribution in [2.75, 3.05) is 7.05 Å². The number of aryl methyl sites for hydroxylation is 2. The molecule has 3 rings (SSSR count). The monoisotopic (exact) mass is 327 g/mol. The van der Waals surface area contributed by atoms with Crippen molar-refractivity contribution >= 4 is 11.7 Å². The zero-order chi connectivity index (χ0) is 17.4. The van der Waals surface area contributed by atoms with Gasteiger partial charge in [-0.2, -0.15) is 4.98 Å². The summed E-state index contributed by atoms with van der Waals surface area (Å²) in [6.45, 7) is 5.62. The Morgan fingerprint density at radius 2 is 1.88 bits per heavy atom. The Hall–Kier alpha value is -2.83. The summed E-state index contributed by atoms with van der Waals surface area (Å²) in [6.07, 6.45) is 0. The molecule has 2 aromatic heterocycles. The lowest BCUT2D eigenvalue weighted by Gasteiger charge is -2.24. The minimum absolute atomic E-state index is 0.0904. The third-order valence-electron chi connectivity index (χ3n) is 4.06. The van der Waals surface area contributed by atoms with Crippen LogP contribution < -0.4 is 0 Å². The summed E-state index contributed by atoms with van der Waals surface area (Å²) in [5, 5.41) is 4.26. The summed E-state index contributed by atoms with van der Waals surface area (Å²) < 4.78 is 14.6. The number of aromatic nitrogens is 4. The molecule has 1 aromatic carbocycles. The minimum Gasteiger partial charge on any atom is -0.332 e. The first-order valence-electron chi connectivity index (χ1n) is 7.60. The first kappa shape index (κ1) is 16.0. The second-order valence-electron chi connectivity index (χ2n) is 5.83. The second kappa shape index (κ2) is 5.99. The molecule has 0 radical (unpaired) electrons. The van der Waals surface area contributed by atoms with Crippen LogP contribution in [0, 0.1) is 19.7 Å². The smallest absolute Gasteiger partial charge is 0.293 e. The van der Waals surface area contributed by atoms with Gasteiger partial charge in [0.25, 0.3) is 11.7 Å². The molecule has 0 fully saturated rings. The molecule has 6 nitrogen and oxygen atoms in total. The van der Waals surface area contributed by atoms with Crippen molar-refractivity contribution in [1.82, 2.24) is 24.5 Å². The van der Waals surface area contributed by atoms with Crippen LogP contribution in [0.4, 0.5) is 4.39 Å². The van der Waals surface area contributed by atoms with Gasteiger partial charge < -0.3 is 4.90 Å². The molecule has 0 aliphatic rings. The highest BCUT2D eigenvalue weighted by atomic mass is 19.1. The van der Waals surface area contributed by atoms with Crippen molar-refractivity contribution in [3.05, 3.63) is 58.9 Å². The van der Waals surface area contributed by atoms with Crippen molar-refractivity contribution in [3.8, 4) is 0 Å². The zero-order valence-electron chi connectivity index (χ0n) is 14.0. The van der Waals surface area contributed by atoms with E-state index in [4.69, 9.17) is 0 Å². The van der Waals surface area contributed by atoms with E-state index in [9.17, 15) is 9.18 Å². The van der Waals surface area contributed by atoms with Crippen LogP contribution in [0.1, 0.15) is 40.5 Å². The van der Waals surface area contributed by atoms with Gasteiger partial charge in [-0.25, -0.2) is 13.9 Å². The maximum absolute atomic E-state index is 13.1. The molecule has 0 saturated carbocycles. The van der Waals surface area contributed by atoms with Crippen LogP contribution in [-0.4, -0.2) is 37.4 Å². The normalized spacial score (nSPS) is 12.4. The summed E-state index contributed by atoms with van der Waals surface area (Å²) in [6, 6.07) is 7.72. The van der Waals surface area contributed by atoms with Gasteiger partial charge in [-0.05, 0) is 44.5 Å². The number of fused-ring (bicyclic) bond motifs is 1. The fourth-order valence-corrected chi connectivity index (χ4v) is 2.56. The van der Waals surface area contributed by atoms with Gasteiger partial charge in [0.15, 0.2) is 0 Å². The maximum Gasteiger partial charge on any atom is 0.293 e. The molecule has 1 amide bonds. The highest BCUT2D eigenvalue weighted by Gasteiger charge is 2.23. The topological polar surface area (TPSA) is 63.4 Å². The summed E-state index contributed by atoms with van der Waals surface area (Å²) in [5.74, 6) is -0.125. The number of nitrogens with zero attached hydrogens (tertiary/aromatic N) is 5. The quantitative estimate of drug-likeness (QED) is 0.742. The highest BCUT2D eigenvalue weighted by Crippen LogP contribution is 2.20. The van der Waals surface area contributed by atoms with E-state index in [2.05, 4.69) is 15.1 Å². The van der Waals surface area contributed by atoms with E-state index in [0.717, 1.165) is 17.0 Å². The van der Waals surface area contributed by atoms with Crippen LogP contribution in [0.5, 0.6) is 0 Å². The molecule has 0 aliphatic heterocycles. The van der Waals surface area contributed by atoms with Gasteiger partial charge in [0.05, 0.1) is 6.04 Å². The number of rotatable bonds is 3. The molecule has 1 atom stereocenters. The van der Waals surface area contributed by atoms with E-state index >= 15 is 0 Å². The molecule has 0 spiro atoms. The first-order valence-corrected chi connectivity index (χ1v) is 7.60. The van der Waals surface area contributed by atoms with Gasteiger partial charge in [-0.1, -0.05) is 12.1 Å². The highest BCUT2D eigenvalue weighted by molar-refractivity contribution is 5.91. The van der Waals surface area contributed by atoms with Gasteiger partial charge in [0.1, 0.15) is 5.82 Å². The van der Waals surface area contributed by atoms with Crippen molar-refractivity contribution in [2.24, 2.45) is 0 Å². The van der Waals surface area contributed by atoms with Crippen LogP contribution >= 0.6 is 0 Å². The van der Waals surface area contributed by atoms with E-state index in [1.807, 2.05) is 26.8 Å². The predicted octanol–water partition coefficient (Wildman–Crippen LogP) is 2.71. The lowest BCUT2D eigenvalue weighted by atomic mass is 10.1. The maximum atomic E-state index is 13.1. The lowest BCUT2D eigenvalue weighted by Crippen LogP contribution is -2.30. The Morgan fingerprint density at radius 3 is 2.54 bits per heavy atom. The first-order chi connectivity index (χ1) is 11.4. The summed E-state index contributed by atoms with van der Waals surface area (Å²) in [7, 11) is 1.67. The van der Waals surface area contributed by atoms with Crippen molar-refractivity contribution in [1.29, 1.82) is 0 Å². The van der Waals surface area contributed by atoms with E-state index in [0.29, 0.717) is 5.78 Å². The Kier molecular flexibility index (Phi) is 4.01. The van der Waals surface area contributed by atoms with Crippen molar-refractivity contribution in [2.45, 2.75) is 26.8 Å². The van der Waals surface area contributed by atoms with Gasteiger partial charge in [0, 0.05) is 18.4 Å². The third-order valence-corrected chi connectivity index (χ3v) is 4.06. The Labute approximate surface area is 139 Å². The number of carbonyl (C=O) groups is 1. The number of hydrogen-bond acceptors (Lipinski definition) is 4. The molecule has 0 aliphatic carbocycles. The van der Waals surface area contributed by atoms with Crippen LogP contribution in [0.25, 0.3) is 5.78 Å². The molecule has 7 heteroatoms. The Balaban J connectivity index is 1.90. The molecule has 24 heavy (non-hydrogen) atoms. The summed E-state index contributed by atoms with van der Waals surface area (Å²) in [4.78, 5) is 22.7. The van der Waals surface area contributed by atoms with Gasteiger partial charge >= 0.3 is 0 Å². The fraction of sp³-hybridized carbons (Fsp3) is 0.294. The molecule has 1 unspecified atom stereocenters. The Bertz CT molecular complexity index is 903. The lowest BCUT2D eigenvalue weighted by molar-refractivity contribution is 0.0730. The van der Waals surface area contributed by atoms with Crippen LogP contribution in [-0.2, 0) is 0 Å². The average Bonchev–Trinajstić information content (AvgIpc) is 2.97. The molecule has 0 N–H and O–H groups in total. The second-order valence-corrected chi connectivity index (χ2v) is 5.83. The van der Waals surface area contributed by atoms with Crippen molar-refractivity contribution < 1.29 is 9.18 Å². The van der Waals surface area contributed by atoms with Crippen LogP contribution in [0.15, 0.2) is 30.3 Å². The molecular weight excluding hydrogens is 309 g/mol. The Morgan fingerprint density at radius 1 is 1.21 bits per heavy atom. The number of carbonyl (C=O) groups excluding carboxylic acids is 1. The van der Waals surface area contributed by atoms with E-state index in [1.54, 1.807) is 23.7 Å². The van der Waals surface area contributed by atoms with Gasteiger partial charge in [0.2, 0.25) is 5.82 Å². The largest absolute Gasteiger partial charge is 0.332 e. The fourth-order valence-electron chi connectivity index (χ4n) is 2.56. The van der Waals surface area contributed by atoms with E-state index < -0.39 is 0 Å². The average molecular weight is 327 g/mol. The zero-order valence-corrected chi connectivity index (χ0v) is 14.0. The number of benzene rings is 1. The van der Waals surface area contributed by atoms with Gasteiger partial charge in [-0.15, -0.1) is 5.10 Å². The third kappa shape index (κ3) is 2.84.